The van der Waals surface area contributed by atoms with Gasteiger partial charge in [0.25, 0.3) is 0 Å². The fourth-order valence-corrected chi connectivity index (χ4v) is 1.60. The number of H-pyrrole nitrogens is 1. The van der Waals surface area contributed by atoms with E-state index in [-0.39, 0.29) is 5.52 Å². The largest absolute Gasteiger partial charge is 0.342 e. The lowest BCUT2D eigenvalue weighted by Gasteiger charge is -1.96. The fraction of sp³-hybridized carbons (Fsp3) is 0.364. The van der Waals surface area contributed by atoms with Crippen molar-refractivity contribution in [3.8, 4) is 0 Å². The lowest BCUT2D eigenvalue weighted by molar-refractivity contribution is 0.590. The first-order chi connectivity index (χ1) is 7.70. The molecule has 0 saturated heterocycles. The molecule has 5 heteroatoms. The minimum atomic E-state index is -0.624. The first-order valence-electron chi connectivity index (χ1n) is 5.25. The Morgan fingerprint density at radius 2 is 2.19 bits per heavy atom. The number of nitrogens with one attached hydrogen (secondary N) is 2. The third-order valence-corrected chi connectivity index (χ3v) is 2.34. The molecule has 0 atom stereocenters. The van der Waals surface area contributed by atoms with E-state index in [2.05, 4.69) is 15.3 Å². The SMILES string of the molecule is CCNCCc1nc2c(F)cc(F)cc2[nH]1. The van der Waals surface area contributed by atoms with Gasteiger partial charge in [-0.1, -0.05) is 6.92 Å². The van der Waals surface area contributed by atoms with Gasteiger partial charge in [-0.3, -0.25) is 0 Å². The van der Waals surface area contributed by atoms with Gasteiger partial charge in [0.15, 0.2) is 5.82 Å². The van der Waals surface area contributed by atoms with Crippen molar-refractivity contribution in [2.75, 3.05) is 13.1 Å². The molecule has 3 nitrogen and oxygen atoms in total. The number of aromatic nitrogens is 2. The number of fused-ring (bicyclic) bond motifs is 1. The van der Waals surface area contributed by atoms with Crippen LogP contribution in [0.4, 0.5) is 8.78 Å². The summed E-state index contributed by atoms with van der Waals surface area (Å²) < 4.78 is 26.2. The summed E-state index contributed by atoms with van der Waals surface area (Å²) in [4.78, 5) is 6.99. The second-order valence-electron chi connectivity index (χ2n) is 3.57. The average Bonchev–Trinajstić information content (AvgIpc) is 2.61. The molecule has 0 bridgehead atoms. The summed E-state index contributed by atoms with van der Waals surface area (Å²) in [5.41, 5.74) is 0.608. The minimum absolute atomic E-state index is 0.202. The van der Waals surface area contributed by atoms with Crippen molar-refractivity contribution >= 4 is 11.0 Å². The molecular weight excluding hydrogens is 212 g/mol. The highest BCUT2D eigenvalue weighted by molar-refractivity contribution is 5.75. The first-order valence-corrected chi connectivity index (χ1v) is 5.25. The standard InChI is InChI=1S/C11H13F2N3/c1-2-14-4-3-10-15-9-6-7(12)5-8(13)11(9)16-10/h5-6,14H,2-4H2,1H3,(H,15,16). The van der Waals surface area contributed by atoms with Gasteiger partial charge < -0.3 is 10.3 Å². The molecule has 0 amide bonds. The average molecular weight is 225 g/mol. The van der Waals surface area contributed by atoms with Crippen LogP contribution >= 0.6 is 0 Å². The molecule has 1 heterocycles. The topological polar surface area (TPSA) is 40.7 Å². The Morgan fingerprint density at radius 1 is 1.38 bits per heavy atom. The van der Waals surface area contributed by atoms with Crippen LogP contribution in [-0.4, -0.2) is 23.1 Å². The molecule has 16 heavy (non-hydrogen) atoms. The summed E-state index contributed by atoms with van der Waals surface area (Å²) in [7, 11) is 0. The van der Waals surface area contributed by atoms with Crippen molar-refractivity contribution in [1.29, 1.82) is 0 Å². The van der Waals surface area contributed by atoms with E-state index in [0.717, 1.165) is 19.2 Å². The van der Waals surface area contributed by atoms with Crippen molar-refractivity contribution in [3.63, 3.8) is 0 Å². The zero-order chi connectivity index (χ0) is 11.5. The van der Waals surface area contributed by atoms with Crippen LogP contribution in [0.15, 0.2) is 12.1 Å². The Labute approximate surface area is 91.9 Å². The van der Waals surface area contributed by atoms with Crippen LogP contribution < -0.4 is 5.32 Å². The Morgan fingerprint density at radius 3 is 2.94 bits per heavy atom. The van der Waals surface area contributed by atoms with E-state index in [4.69, 9.17) is 0 Å². The predicted octanol–water partition coefficient (Wildman–Crippen LogP) is 1.99. The van der Waals surface area contributed by atoms with E-state index in [1.165, 1.54) is 6.07 Å². The van der Waals surface area contributed by atoms with Crippen LogP contribution in [-0.2, 0) is 6.42 Å². The normalized spacial score (nSPS) is 11.2. The van der Waals surface area contributed by atoms with Gasteiger partial charge in [0, 0.05) is 19.0 Å². The van der Waals surface area contributed by atoms with Gasteiger partial charge in [-0.25, -0.2) is 13.8 Å². The molecule has 0 unspecified atom stereocenters. The summed E-state index contributed by atoms with van der Waals surface area (Å²) in [5.74, 6) is -0.548. The Hall–Kier alpha value is -1.49. The number of benzene rings is 1. The summed E-state index contributed by atoms with van der Waals surface area (Å²) in [5, 5.41) is 3.14. The molecule has 0 aliphatic carbocycles. The van der Waals surface area contributed by atoms with Crippen LogP contribution in [0.25, 0.3) is 11.0 Å². The molecule has 1 aromatic carbocycles. The Balaban J connectivity index is 2.26. The van der Waals surface area contributed by atoms with Gasteiger partial charge in [0.1, 0.15) is 17.2 Å². The number of hydrogen-bond acceptors (Lipinski definition) is 2. The zero-order valence-corrected chi connectivity index (χ0v) is 8.98. The highest BCUT2D eigenvalue weighted by Gasteiger charge is 2.09. The number of halogens is 2. The predicted molar refractivity (Wildman–Crippen MR) is 58.3 cm³/mol. The second-order valence-corrected chi connectivity index (χ2v) is 3.57. The van der Waals surface area contributed by atoms with Crippen molar-refractivity contribution < 1.29 is 8.78 Å². The van der Waals surface area contributed by atoms with Crippen molar-refractivity contribution in [1.82, 2.24) is 15.3 Å². The van der Waals surface area contributed by atoms with Gasteiger partial charge in [-0.05, 0) is 12.6 Å². The van der Waals surface area contributed by atoms with E-state index < -0.39 is 11.6 Å². The molecule has 86 valence electrons. The maximum atomic E-state index is 13.3. The number of aromatic amines is 1. The molecule has 2 N–H and O–H groups in total. The summed E-state index contributed by atoms with van der Waals surface area (Å²) in [6.45, 7) is 3.65. The van der Waals surface area contributed by atoms with Crippen molar-refractivity contribution in [3.05, 3.63) is 29.6 Å². The first kappa shape index (κ1) is 11.0. The monoisotopic (exact) mass is 225 g/mol. The summed E-state index contributed by atoms with van der Waals surface area (Å²) in [6, 6.07) is 2.10. The molecule has 0 radical (unpaired) electrons. The van der Waals surface area contributed by atoms with E-state index >= 15 is 0 Å². The maximum absolute atomic E-state index is 13.3. The van der Waals surface area contributed by atoms with Crippen LogP contribution in [0.2, 0.25) is 0 Å². The quantitative estimate of drug-likeness (QED) is 0.781. The third-order valence-electron chi connectivity index (χ3n) is 2.34. The molecule has 0 fully saturated rings. The molecule has 0 spiro atoms. The Bertz CT molecular complexity index is 493. The number of rotatable bonds is 4. The van der Waals surface area contributed by atoms with Crippen molar-refractivity contribution in [2.45, 2.75) is 13.3 Å². The van der Waals surface area contributed by atoms with Gasteiger partial charge in [-0.15, -0.1) is 0 Å². The van der Waals surface area contributed by atoms with Crippen LogP contribution in [0, 0.1) is 11.6 Å². The molecule has 0 saturated carbocycles. The summed E-state index contributed by atoms with van der Waals surface area (Å²) >= 11 is 0. The lowest BCUT2D eigenvalue weighted by Crippen LogP contribution is -2.16. The molecule has 2 aromatic rings. The van der Waals surface area contributed by atoms with E-state index in [0.29, 0.717) is 17.8 Å². The van der Waals surface area contributed by atoms with Gasteiger partial charge >= 0.3 is 0 Å². The molecule has 0 aliphatic heterocycles. The number of hydrogen-bond donors (Lipinski definition) is 2. The zero-order valence-electron chi connectivity index (χ0n) is 8.98. The highest BCUT2D eigenvalue weighted by atomic mass is 19.1. The smallest absolute Gasteiger partial charge is 0.153 e. The summed E-state index contributed by atoms with van der Waals surface area (Å²) in [6.07, 6.45) is 0.670. The van der Waals surface area contributed by atoms with Gasteiger partial charge in [0.05, 0.1) is 5.52 Å². The Kier molecular flexibility index (Phi) is 3.14. The fourth-order valence-electron chi connectivity index (χ4n) is 1.60. The molecule has 2 rings (SSSR count). The second kappa shape index (κ2) is 4.57. The van der Waals surface area contributed by atoms with Crippen LogP contribution in [0.1, 0.15) is 12.7 Å². The van der Waals surface area contributed by atoms with E-state index in [1.54, 1.807) is 0 Å². The van der Waals surface area contributed by atoms with Crippen LogP contribution in [0.3, 0.4) is 0 Å². The van der Waals surface area contributed by atoms with Crippen molar-refractivity contribution in [2.24, 2.45) is 0 Å². The number of imidazole rings is 1. The van der Waals surface area contributed by atoms with Gasteiger partial charge in [-0.2, -0.15) is 0 Å². The maximum Gasteiger partial charge on any atom is 0.153 e. The molecule has 0 aliphatic rings. The van der Waals surface area contributed by atoms with Crippen LogP contribution in [0.5, 0.6) is 0 Å². The third kappa shape index (κ3) is 2.19. The highest BCUT2D eigenvalue weighted by Crippen LogP contribution is 2.17. The minimum Gasteiger partial charge on any atom is -0.342 e. The van der Waals surface area contributed by atoms with Gasteiger partial charge in [0.2, 0.25) is 0 Å². The van der Waals surface area contributed by atoms with E-state index in [9.17, 15) is 8.78 Å². The molecule has 1 aromatic heterocycles. The lowest BCUT2D eigenvalue weighted by atomic mass is 10.3. The molecular formula is C11H13F2N3. The number of nitrogens with zero attached hydrogens (tertiary/aromatic N) is 1. The van der Waals surface area contributed by atoms with E-state index in [1.807, 2.05) is 6.92 Å². The number of likely N-dealkylation sites (N-methyl/N-ethyl adjacent to an activating group) is 1.